The van der Waals surface area contributed by atoms with Crippen molar-refractivity contribution >= 4 is 17.7 Å². The number of aryl methyl sites for hydroxylation is 2. The van der Waals surface area contributed by atoms with Crippen molar-refractivity contribution in [2.24, 2.45) is 0 Å². The third-order valence-electron chi connectivity index (χ3n) is 4.70. The van der Waals surface area contributed by atoms with Crippen LogP contribution in [0, 0.1) is 13.8 Å². The first-order valence-electron chi connectivity index (χ1n) is 9.32. The third kappa shape index (κ3) is 5.01. The Kier molecular flexibility index (Phi) is 6.56. The molecule has 0 unspecified atom stereocenters. The Hall–Kier alpha value is -2.01. The van der Waals surface area contributed by atoms with Crippen LogP contribution >= 0.6 is 11.8 Å². The molecule has 1 heterocycles. The van der Waals surface area contributed by atoms with E-state index in [-0.39, 0.29) is 5.91 Å². The predicted molar refractivity (Wildman–Crippen MR) is 108 cm³/mol. The monoisotopic (exact) mass is 369 g/mol. The fraction of sp³-hybridized carbons (Fsp3) is 0.429. The summed E-state index contributed by atoms with van der Waals surface area (Å²) in [6.07, 6.45) is 12.0. The van der Waals surface area contributed by atoms with Gasteiger partial charge in [-0.3, -0.25) is 9.36 Å². The number of nitrogens with one attached hydrogen (secondary N) is 1. The van der Waals surface area contributed by atoms with Gasteiger partial charge in [-0.15, -0.1) is 0 Å². The van der Waals surface area contributed by atoms with Crippen LogP contribution in [0.5, 0.6) is 0 Å². The number of thioether (sulfide) groups is 1. The molecule has 26 heavy (non-hydrogen) atoms. The van der Waals surface area contributed by atoms with Gasteiger partial charge in [-0.05, 0) is 57.6 Å². The number of allylic oxidation sites excluding steroid dienone is 1. The average Bonchev–Trinajstić information content (AvgIpc) is 3.09. The Balaban J connectivity index is 1.51. The lowest BCUT2D eigenvalue weighted by Crippen LogP contribution is -2.26. The van der Waals surface area contributed by atoms with E-state index in [9.17, 15) is 4.79 Å². The highest BCUT2D eigenvalue weighted by Gasteiger charge is 2.11. The zero-order chi connectivity index (χ0) is 18.4. The molecule has 1 aromatic carbocycles. The van der Waals surface area contributed by atoms with Crippen LogP contribution in [0.15, 0.2) is 47.4 Å². The maximum atomic E-state index is 12.2. The summed E-state index contributed by atoms with van der Waals surface area (Å²) in [5.41, 5.74) is 5.05. The molecular weight excluding hydrogens is 342 g/mol. The molecule has 138 valence electrons. The van der Waals surface area contributed by atoms with Crippen molar-refractivity contribution in [1.29, 1.82) is 0 Å². The van der Waals surface area contributed by atoms with Crippen LogP contribution in [0.1, 0.15) is 43.2 Å². The molecule has 0 saturated heterocycles. The highest BCUT2D eigenvalue weighted by Crippen LogP contribution is 2.23. The first-order chi connectivity index (χ1) is 12.6. The first-order valence-corrected chi connectivity index (χ1v) is 10.3. The van der Waals surface area contributed by atoms with E-state index >= 15 is 0 Å². The van der Waals surface area contributed by atoms with E-state index < -0.39 is 0 Å². The summed E-state index contributed by atoms with van der Waals surface area (Å²) in [4.78, 5) is 16.6. The van der Waals surface area contributed by atoms with Crippen molar-refractivity contribution in [3.05, 3.63) is 53.4 Å². The summed E-state index contributed by atoms with van der Waals surface area (Å²) in [6.45, 7) is 4.92. The summed E-state index contributed by atoms with van der Waals surface area (Å²) in [5, 5.41) is 3.88. The molecule has 0 radical (unpaired) electrons. The molecule has 4 nitrogen and oxygen atoms in total. The smallest absolute Gasteiger partial charge is 0.230 e. The third-order valence-corrected chi connectivity index (χ3v) is 5.67. The van der Waals surface area contributed by atoms with E-state index in [1.807, 2.05) is 6.20 Å². The molecule has 0 spiro atoms. The zero-order valence-electron chi connectivity index (χ0n) is 15.6. The number of amides is 1. The van der Waals surface area contributed by atoms with Gasteiger partial charge in [0.25, 0.3) is 0 Å². The minimum Gasteiger partial charge on any atom is -0.355 e. The number of carbonyl (C=O) groups is 1. The normalized spacial score (nSPS) is 14.2. The molecule has 3 rings (SSSR count). The van der Waals surface area contributed by atoms with Crippen molar-refractivity contribution in [2.75, 3.05) is 12.3 Å². The van der Waals surface area contributed by atoms with Crippen LogP contribution in [-0.2, 0) is 4.79 Å². The molecule has 0 atom stereocenters. The molecule has 5 heteroatoms. The number of aromatic nitrogens is 2. The molecule has 0 bridgehead atoms. The minimum absolute atomic E-state index is 0.0709. The lowest BCUT2D eigenvalue weighted by Gasteiger charge is -2.13. The van der Waals surface area contributed by atoms with Gasteiger partial charge >= 0.3 is 0 Å². The molecule has 1 aromatic heterocycles. The topological polar surface area (TPSA) is 46.9 Å². The number of hydrogen-bond donors (Lipinski definition) is 1. The summed E-state index contributed by atoms with van der Waals surface area (Å²) in [5.74, 6) is 0.461. The van der Waals surface area contributed by atoms with E-state index in [1.165, 1.54) is 54.1 Å². The zero-order valence-corrected chi connectivity index (χ0v) is 16.4. The number of hydrogen-bond acceptors (Lipinski definition) is 3. The molecular formula is C21H27N3OS. The SMILES string of the molecule is Cc1ccc(-n2ccnc2SCC(=O)NCCC2=CCCCC2)c(C)c1. The number of imidazole rings is 1. The highest BCUT2D eigenvalue weighted by molar-refractivity contribution is 7.99. The molecule has 0 saturated carbocycles. The van der Waals surface area contributed by atoms with E-state index in [2.05, 4.69) is 53.0 Å². The van der Waals surface area contributed by atoms with Gasteiger partial charge in [0.05, 0.1) is 11.4 Å². The Morgan fingerprint density at radius 1 is 1.31 bits per heavy atom. The van der Waals surface area contributed by atoms with Crippen LogP contribution in [0.3, 0.4) is 0 Å². The standard InChI is InChI=1S/C21H27N3OS/c1-16-8-9-19(17(2)14-16)24-13-12-23-21(24)26-15-20(25)22-11-10-18-6-4-3-5-7-18/h6,8-9,12-14H,3-5,7,10-11,15H2,1-2H3,(H,22,25). The van der Waals surface area contributed by atoms with Crippen LogP contribution < -0.4 is 5.32 Å². The van der Waals surface area contributed by atoms with Gasteiger partial charge in [0.15, 0.2) is 5.16 Å². The number of benzene rings is 1. The highest BCUT2D eigenvalue weighted by atomic mass is 32.2. The fourth-order valence-corrected chi connectivity index (χ4v) is 4.13. The second-order valence-electron chi connectivity index (χ2n) is 6.87. The second kappa shape index (κ2) is 9.08. The van der Waals surface area contributed by atoms with Crippen molar-refractivity contribution in [3.63, 3.8) is 0 Å². The fourth-order valence-electron chi connectivity index (χ4n) is 3.33. The summed E-state index contributed by atoms with van der Waals surface area (Å²) in [7, 11) is 0. The lowest BCUT2D eigenvalue weighted by molar-refractivity contribution is -0.118. The Morgan fingerprint density at radius 2 is 2.19 bits per heavy atom. The summed E-state index contributed by atoms with van der Waals surface area (Å²) in [6, 6.07) is 6.37. The molecule has 1 aliphatic rings. The lowest BCUT2D eigenvalue weighted by atomic mass is 9.97. The van der Waals surface area contributed by atoms with Gasteiger partial charge in [0.2, 0.25) is 5.91 Å². The molecule has 1 aliphatic carbocycles. The van der Waals surface area contributed by atoms with Crippen LogP contribution in [0.4, 0.5) is 0 Å². The van der Waals surface area contributed by atoms with Crippen LogP contribution in [-0.4, -0.2) is 27.8 Å². The molecule has 1 N–H and O–H groups in total. The van der Waals surface area contributed by atoms with E-state index in [4.69, 9.17) is 0 Å². The van der Waals surface area contributed by atoms with Crippen LogP contribution in [0.25, 0.3) is 5.69 Å². The van der Waals surface area contributed by atoms with Crippen LogP contribution in [0.2, 0.25) is 0 Å². The van der Waals surface area contributed by atoms with Crippen molar-refractivity contribution in [2.45, 2.75) is 51.1 Å². The van der Waals surface area contributed by atoms with Crippen molar-refractivity contribution in [3.8, 4) is 5.69 Å². The summed E-state index contributed by atoms with van der Waals surface area (Å²) < 4.78 is 2.06. The molecule has 2 aromatic rings. The van der Waals surface area contributed by atoms with Crippen molar-refractivity contribution < 1.29 is 4.79 Å². The minimum atomic E-state index is 0.0709. The Bertz CT molecular complexity index is 794. The van der Waals surface area contributed by atoms with Gasteiger partial charge in [-0.25, -0.2) is 4.98 Å². The van der Waals surface area contributed by atoms with Gasteiger partial charge in [0.1, 0.15) is 0 Å². The molecule has 1 amide bonds. The van der Waals surface area contributed by atoms with E-state index in [0.717, 1.165) is 23.8 Å². The Morgan fingerprint density at radius 3 is 2.96 bits per heavy atom. The predicted octanol–water partition coefficient (Wildman–Crippen LogP) is 4.59. The first kappa shape index (κ1) is 18.8. The molecule has 0 aliphatic heterocycles. The maximum Gasteiger partial charge on any atom is 0.230 e. The van der Waals surface area contributed by atoms with Gasteiger partial charge in [-0.1, -0.05) is 41.1 Å². The van der Waals surface area contributed by atoms with Gasteiger partial charge in [-0.2, -0.15) is 0 Å². The summed E-state index contributed by atoms with van der Waals surface area (Å²) >= 11 is 1.48. The average molecular weight is 370 g/mol. The number of rotatable bonds is 7. The molecule has 0 fully saturated rings. The number of carbonyl (C=O) groups excluding carboxylic acids is 1. The van der Waals surface area contributed by atoms with E-state index in [1.54, 1.807) is 6.20 Å². The largest absolute Gasteiger partial charge is 0.355 e. The number of nitrogens with zero attached hydrogens (tertiary/aromatic N) is 2. The van der Waals surface area contributed by atoms with Gasteiger partial charge in [0, 0.05) is 18.9 Å². The maximum absolute atomic E-state index is 12.2. The van der Waals surface area contributed by atoms with E-state index in [0.29, 0.717) is 5.75 Å². The second-order valence-corrected chi connectivity index (χ2v) is 7.81. The van der Waals surface area contributed by atoms with Crippen molar-refractivity contribution in [1.82, 2.24) is 14.9 Å². The quantitative estimate of drug-likeness (QED) is 0.574. The van der Waals surface area contributed by atoms with Gasteiger partial charge < -0.3 is 5.32 Å². The Labute approximate surface area is 160 Å².